The van der Waals surface area contributed by atoms with Crippen molar-refractivity contribution in [1.82, 2.24) is 9.78 Å². The molecule has 23 heavy (non-hydrogen) atoms. The zero-order valence-corrected chi connectivity index (χ0v) is 12.4. The van der Waals surface area contributed by atoms with Gasteiger partial charge in [-0.25, -0.2) is 0 Å². The molecule has 0 aliphatic carbocycles. The largest absolute Gasteiger partial charge is 0.322 e. The first-order chi connectivity index (χ1) is 11.2. The number of benzene rings is 2. The minimum Gasteiger partial charge on any atom is -0.322 e. The quantitative estimate of drug-likeness (QED) is 0.752. The van der Waals surface area contributed by atoms with Gasteiger partial charge in [0.05, 0.1) is 18.3 Å². The minimum atomic E-state index is -0.210. The SMILES string of the molecule is C#Cc1cccc(NC(=O)c2cnn(Cc3ccccc3)c2)c1. The maximum atomic E-state index is 12.3. The molecule has 0 radical (unpaired) electrons. The second-order valence-corrected chi connectivity index (χ2v) is 5.09. The van der Waals surface area contributed by atoms with Gasteiger partial charge in [0.1, 0.15) is 0 Å². The van der Waals surface area contributed by atoms with Crippen molar-refractivity contribution in [2.75, 3.05) is 5.32 Å². The van der Waals surface area contributed by atoms with Crippen molar-refractivity contribution in [2.45, 2.75) is 6.54 Å². The van der Waals surface area contributed by atoms with Crippen LogP contribution in [-0.4, -0.2) is 15.7 Å². The van der Waals surface area contributed by atoms with Crippen molar-refractivity contribution < 1.29 is 4.79 Å². The lowest BCUT2D eigenvalue weighted by molar-refractivity contribution is 0.102. The summed E-state index contributed by atoms with van der Waals surface area (Å²) in [6.07, 6.45) is 8.65. The lowest BCUT2D eigenvalue weighted by Crippen LogP contribution is -2.11. The van der Waals surface area contributed by atoms with E-state index in [9.17, 15) is 4.79 Å². The Morgan fingerprint density at radius 3 is 2.78 bits per heavy atom. The van der Waals surface area contributed by atoms with E-state index < -0.39 is 0 Å². The molecule has 112 valence electrons. The van der Waals surface area contributed by atoms with Gasteiger partial charge in [0.2, 0.25) is 0 Å². The number of aromatic nitrogens is 2. The molecule has 0 saturated carbocycles. The topological polar surface area (TPSA) is 46.9 Å². The summed E-state index contributed by atoms with van der Waals surface area (Å²) in [6, 6.07) is 17.1. The van der Waals surface area contributed by atoms with Gasteiger partial charge < -0.3 is 5.32 Å². The summed E-state index contributed by atoms with van der Waals surface area (Å²) in [5.41, 5.74) is 3.03. The van der Waals surface area contributed by atoms with Crippen molar-refractivity contribution in [3.63, 3.8) is 0 Å². The highest BCUT2D eigenvalue weighted by atomic mass is 16.1. The van der Waals surface area contributed by atoms with E-state index in [4.69, 9.17) is 6.42 Å². The summed E-state index contributed by atoms with van der Waals surface area (Å²) in [5, 5.41) is 7.05. The molecule has 0 saturated heterocycles. The molecule has 0 bridgehead atoms. The van der Waals surface area contributed by atoms with Gasteiger partial charge in [0.15, 0.2) is 0 Å². The Labute approximate surface area is 134 Å². The van der Waals surface area contributed by atoms with E-state index in [0.29, 0.717) is 17.8 Å². The molecular formula is C19H15N3O. The first kappa shape index (κ1) is 14.6. The smallest absolute Gasteiger partial charge is 0.258 e. The fourth-order valence-electron chi connectivity index (χ4n) is 2.23. The van der Waals surface area contributed by atoms with Gasteiger partial charge in [-0.1, -0.05) is 42.3 Å². The molecule has 0 fully saturated rings. The predicted octanol–water partition coefficient (Wildman–Crippen LogP) is 3.17. The molecule has 0 atom stereocenters. The van der Waals surface area contributed by atoms with Crippen molar-refractivity contribution in [3.8, 4) is 12.3 Å². The van der Waals surface area contributed by atoms with Crippen molar-refractivity contribution in [1.29, 1.82) is 0 Å². The Morgan fingerprint density at radius 1 is 1.17 bits per heavy atom. The number of anilines is 1. The summed E-state index contributed by atoms with van der Waals surface area (Å²) in [5.74, 6) is 2.33. The van der Waals surface area contributed by atoms with Crippen LogP contribution in [0.2, 0.25) is 0 Å². The lowest BCUT2D eigenvalue weighted by Gasteiger charge is -2.04. The third-order valence-electron chi connectivity index (χ3n) is 3.37. The molecule has 0 aliphatic rings. The molecule has 3 rings (SSSR count). The summed E-state index contributed by atoms with van der Waals surface area (Å²) in [7, 11) is 0. The minimum absolute atomic E-state index is 0.210. The second kappa shape index (κ2) is 6.63. The number of amides is 1. The maximum absolute atomic E-state index is 12.3. The van der Waals surface area contributed by atoms with Crippen LogP contribution in [0.4, 0.5) is 5.69 Å². The van der Waals surface area contributed by atoms with E-state index in [1.54, 1.807) is 29.2 Å². The number of hydrogen-bond donors (Lipinski definition) is 1. The van der Waals surface area contributed by atoms with Crippen LogP contribution in [-0.2, 0) is 6.54 Å². The van der Waals surface area contributed by atoms with Gasteiger partial charge in [-0.15, -0.1) is 6.42 Å². The fraction of sp³-hybridized carbons (Fsp3) is 0.0526. The monoisotopic (exact) mass is 301 g/mol. The van der Waals surface area contributed by atoms with Crippen LogP contribution in [0, 0.1) is 12.3 Å². The van der Waals surface area contributed by atoms with Gasteiger partial charge in [0.25, 0.3) is 5.91 Å². The Balaban J connectivity index is 1.70. The molecule has 1 amide bonds. The maximum Gasteiger partial charge on any atom is 0.258 e. The van der Waals surface area contributed by atoms with Crippen molar-refractivity contribution in [3.05, 3.63) is 83.7 Å². The van der Waals surface area contributed by atoms with Gasteiger partial charge in [0, 0.05) is 17.4 Å². The third kappa shape index (κ3) is 3.66. The molecular weight excluding hydrogens is 286 g/mol. The van der Waals surface area contributed by atoms with E-state index in [2.05, 4.69) is 16.3 Å². The number of nitrogens with zero attached hydrogens (tertiary/aromatic N) is 2. The van der Waals surface area contributed by atoms with Crippen LogP contribution >= 0.6 is 0 Å². The lowest BCUT2D eigenvalue weighted by atomic mass is 10.2. The molecule has 0 spiro atoms. The zero-order valence-electron chi connectivity index (χ0n) is 12.4. The van der Waals surface area contributed by atoms with Gasteiger partial charge in [-0.3, -0.25) is 9.48 Å². The Hall–Kier alpha value is -3.32. The number of hydrogen-bond acceptors (Lipinski definition) is 2. The highest BCUT2D eigenvalue weighted by Gasteiger charge is 2.09. The third-order valence-corrected chi connectivity index (χ3v) is 3.37. The van der Waals surface area contributed by atoms with Gasteiger partial charge in [-0.2, -0.15) is 5.10 Å². The molecule has 0 aliphatic heterocycles. The van der Waals surface area contributed by atoms with Crippen molar-refractivity contribution >= 4 is 11.6 Å². The van der Waals surface area contributed by atoms with Gasteiger partial charge in [-0.05, 0) is 23.8 Å². The number of nitrogens with one attached hydrogen (secondary N) is 1. The second-order valence-electron chi connectivity index (χ2n) is 5.09. The molecule has 4 nitrogen and oxygen atoms in total. The first-order valence-corrected chi connectivity index (χ1v) is 7.19. The summed E-state index contributed by atoms with van der Waals surface area (Å²) in [6.45, 7) is 0.626. The van der Waals surface area contributed by atoms with Crippen LogP contribution in [0.1, 0.15) is 21.5 Å². The number of terminal acetylenes is 1. The highest BCUT2D eigenvalue weighted by molar-refractivity contribution is 6.04. The van der Waals surface area contributed by atoms with E-state index in [0.717, 1.165) is 11.1 Å². The van der Waals surface area contributed by atoms with E-state index in [1.807, 2.05) is 42.5 Å². The predicted molar refractivity (Wildman–Crippen MR) is 90.1 cm³/mol. The highest BCUT2D eigenvalue weighted by Crippen LogP contribution is 2.12. The number of rotatable bonds is 4. The molecule has 0 unspecified atom stereocenters. The molecule has 2 aromatic carbocycles. The average molecular weight is 301 g/mol. The molecule has 1 heterocycles. The Kier molecular flexibility index (Phi) is 4.21. The molecule has 1 aromatic heterocycles. The molecule has 4 heteroatoms. The Bertz CT molecular complexity index is 860. The van der Waals surface area contributed by atoms with Crippen LogP contribution in [0.25, 0.3) is 0 Å². The van der Waals surface area contributed by atoms with Crippen molar-refractivity contribution in [2.24, 2.45) is 0 Å². The van der Waals surface area contributed by atoms with E-state index >= 15 is 0 Å². The fourth-order valence-corrected chi connectivity index (χ4v) is 2.23. The first-order valence-electron chi connectivity index (χ1n) is 7.19. The van der Waals surface area contributed by atoms with Gasteiger partial charge >= 0.3 is 0 Å². The number of carbonyl (C=O) groups excluding carboxylic acids is 1. The van der Waals surface area contributed by atoms with Crippen LogP contribution in [0.3, 0.4) is 0 Å². The zero-order chi connectivity index (χ0) is 16.1. The molecule has 1 N–H and O–H groups in total. The number of carbonyl (C=O) groups is 1. The van der Waals surface area contributed by atoms with Crippen LogP contribution in [0.15, 0.2) is 67.0 Å². The normalized spacial score (nSPS) is 10.0. The summed E-state index contributed by atoms with van der Waals surface area (Å²) >= 11 is 0. The Morgan fingerprint density at radius 2 is 2.00 bits per heavy atom. The van der Waals surface area contributed by atoms with Crippen LogP contribution in [0.5, 0.6) is 0 Å². The average Bonchev–Trinajstić information content (AvgIpc) is 3.04. The van der Waals surface area contributed by atoms with E-state index in [1.165, 1.54) is 0 Å². The summed E-state index contributed by atoms with van der Waals surface area (Å²) < 4.78 is 1.74. The van der Waals surface area contributed by atoms with E-state index in [-0.39, 0.29) is 5.91 Å². The molecule has 3 aromatic rings. The standard InChI is InChI=1S/C19H15N3O/c1-2-15-9-6-10-18(11-15)21-19(23)17-12-20-22(14-17)13-16-7-4-3-5-8-16/h1,3-12,14H,13H2,(H,21,23). The van der Waals surface area contributed by atoms with Crippen LogP contribution < -0.4 is 5.32 Å². The summed E-state index contributed by atoms with van der Waals surface area (Å²) in [4.78, 5) is 12.3.